The van der Waals surface area contributed by atoms with Crippen LogP contribution in [0.5, 0.6) is 5.75 Å². The molecule has 0 saturated carbocycles. The lowest BCUT2D eigenvalue weighted by Gasteiger charge is -2.41. The Morgan fingerprint density at radius 1 is 0.880 bits per heavy atom. The minimum atomic E-state index is -0.0681. The van der Waals surface area contributed by atoms with Crippen molar-refractivity contribution in [3.63, 3.8) is 0 Å². The van der Waals surface area contributed by atoms with E-state index < -0.39 is 0 Å². The van der Waals surface area contributed by atoms with Crippen molar-refractivity contribution in [2.24, 2.45) is 5.92 Å². The van der Waals surface area contributed by atoms with Gasteiger partial charge in [-0.3, -0.25) is 0 Å². The molecule has 1 saturated heterocycles. The molecule has 0 aromatic heterocycles. The Morgan fingerprint density at radius 3 is 2.12 bits per heavy atom. The zero-order valence-electron chi connectivity index (χ0n) is 16.5. The summed E-state index contributed by atoms with van der Waals surface area (Å²) >= 11 is 0. The summed E-state index contributed by atoms with van der Waals surface area (Å²) in [7, 11) is 1.70. The van der Waals surface area contributed by atoms with Gasteiger partial charge in [-0.1, -0.05) is 65.0 Å². The average Bonchev–Trinajstić information content (AvgIpc) is 2.64. The van der Waals surface area contributed by atoms with Gasteiger partial charge < -0.3 is 14.2 Å². The SMILES string of the molecule is CCCCC[C@@H]1O[C@H](CCCCC)[C@H](C)[C@H](c2ccc(OC)cc2)O1. The summed E-state index contributed by atoms with van der Waals surface area (Å²) in [6.45, 7) is 6.76. The van der Waals surface area contributed by atoms with Gasteiger partial charge in [0.2, 0.25) is 0 Å². The lowest BCUT2D eigenvalue weighted by molar-refractivity contribution is -0.272. The predicted molar refractivity (Wildman–Crippen MR) is 103 cm³/mol. The van der Waals surface area contributed by atoms with Crippen LogP contribution in [0.1, 0.15) is 83.8 Å². The highest BCUT2D eigenvalue weighted by Crippen LogP contribution is 2.39. The molecule has 25 heavy (non-hydrogen) atoms. The van der Waals surface area contributed by atoms with Crippen LogP contribution < -0.4 is 4.74 Å². The summed E-state index contributed by atoms with van der Waals surface area (Å²) in [6, 6.07) is 8.33. The maximum absolute atomic E-state index is 6.38. The molecule has 1 aromatic carbocycles. The largest absolute Gasteiger partial charge is 0.497 e. The molecule has 0 radical (unpaired) electrons. The molecule has 1 fully saturated rings. The number of benzene rings is 1. The average molecular weight is 349 g/mol. The molecular weight excluding hydrogens is 312 g/mol. The van der Waals surface area contributed by atoms with Crippen molar-refractivity contribution in [2.45, 2.75) is 90.6 Å². The van der Waals surface area contributed by atoms with E-state index in [-0.39, 0.29) is 12.4 Å². The lowest BCUT2D eigenvalue weighted by atomic mass is 9.88. The van der Waals surface area contributed by atoms with Crippen molar-refractivity contribution in [3.05, 3.63) is 29.8 Å². The number of hydrogen-bond acceptors (Lipinski definition) is 3. The van der Waals surface area contributed by atoms with Gasteiger partial charge >= 0.3 is 0 Å². The second-order valence-electron chi connectivity index (χ2n) is 7.28. The maximum atomic E-state index is 6.38. The van der Waals surface area contributed by atoms with Crippen molar-refractivity contribution in [3.8, 4) is 5.75 Å². The van der Waals surface area contributed by atoms with E-state index in [0.717, 1.165) is 18.6 Å². The van der Waals surface area contributed by atoms with E-state index in [0.29, 0.717) is 12.0 Å². The standard InChI is InChI=1S/C22H36O3/c1-5-7-9-11-20-17(3)22(18-13-15-19(23-4)16-14-18)25-21(24-20)12-10-8-6-2/h13-17,20-22H,5-12H2,1-4H3/t17-,20+,21+,22+/m0/s1. The Kier molecular flexibility index (Phi) is 8.77. The van der Waals surface area contributed by atoms with E-state index in [1.54, 1.807) is 7.11 Å². The van der Waals surface area contributed by atoms with Gasteiger partial charge in [0.15, 0.2) is 6.29 Å². The van der Waals surface area contributed by atoms with E-state index >= 15 is 0 Å². The van der Waals surface area contributed by atoms with E-state index in [1.807, 2.05) is 12.1 Å². The van der Waals surface area contributed by atoms with Crippen LogP contribution in [0, 0.1) is 5.92 Å². The van der Waals surface area contributed by atoms with Gasteiger partial charge in [0.05, 0.1) is 19.3 Å². The van der Waals surface area contributed by atoms with Crippen LogP contribution in [-0.4, -0.2) is 19.5 Å². The molecule has 3 heteroatoms. The molecular formula is C22H36O3. The Morgan fingerprint density at radius 2 is 1.52 bits per heavy atom. The highest BCUT2D eigenvalue weighted by Gasteiger charge is 2.36. The van der Waals surface area contributed by atoms with Gasteiger partial charge in [-0.2, -0.15) is 0 Å². The van der Waals surface area contributed by atoms with E-state index in [9.17, 15) is 0 Å². The van der Waals surface area contributed by atoms with Gasteiger partial charge in [-0.05, 0) is 37.0 Å². The smallest absolute Gasteiger partial charge is 0.158 e. The molecule has 3 nitrogen and oxygen atoms in total. The van der Waals surface area contributed by atoms with E-state index in [1.165, 1.54) is 44.1 Å². The van der Waals surface area contributed by atoms with Crippen LogP contribution in [0.2, 0.25) is 0 Å². The number of hydrogen-bond donors (Lipinski definition) is 0. The summed E-state index contributed by atoms with van der Waals surface area (Å²) in [4.78, 5) is 0. The topological polar surface area (TPSA) is 27.7 Å². The van der Waals surface area contributed by atoms with Gasteiger partial charge in [-0.15, -0.1) is 0 Å². The molecule has 0 amide bonds. The molecule has 1 aliphatic rings. The number of rotatable bonds is 10. The molecule has 142 valence electrons. The number of methoxy groups -OCH3 is 1. The van der Waals surface area contributed by atoms with Crippen molar-refractivity contribution in [2.75, 3.05) is 7.11 Å². The van der Waals surface area contributed by atoms with Crippen LogP contribution in [0.4, 0.5) is 0 Å². The Labute approximate surface area is 154 Å². The van der Waals surface area contributed by atoms with E-state index in [4.69, 9.17) is 14.2 Å². The molecule has 0 aliphatic carbocycles. The molecule has 1 heterocycles. The van der Waals surface area contributed by atoms with Gasteiger partial charge in [0.25, 0.3) is 0 Å². The van der Waals surface area contributed by atoms with Crippen LogP contribution >= 0.6 is 0 Å². The van der Waals surface area contributed by atoms with Crippen LogP contribution in [0.15, 0.2) is 24.3 Å². The summed E-state index contributed by atoms with van der Waals surface area (Å²) in [5.74, 6) is 1.26. The fourth-order valence-corrected chi connectivity index (χ4v) is 3.63. The fourth-order valence-electron chi connectivity index (χ4n) is 3.63. The monoisotopic (exact) mass is 348 g/mol. The van der Waals surface area contributed by atoms with Crippen LogP contribution in [0.25, 0.3) is 0 Å². The molecule has 1 aliphatic heterocycles. The summed E-state index contributed by atoms with van der Waals surface area (Å²) in [6.07, 6.45) is 9.87. The second kappa shape index (κ2) is 10.8. The summed E-state index contributed by atoms with van der Waals surface area (Å²) < 4.78 is 18.0. The first-order chi connectivity index (χ1) is 12.2. The molecule has 0 spiro atoms. The maximum Gasteiger partial charge on any atom is 0.158 e. The quantitative estimate of drug-likeness (QED) is 0.466. The van der Waals surface area contributed by atoms with Crippen molar-refractivity contribution in [1.29, 1.82) is 0 Å². The Bertz CT molecular complexity index is 471. The first-order valence-corrected chi connectivity index (χ1v) is 10.1. The third-order valence-corrected chi connectivity index (χ3v) is 5.27. The van der Waals surface area contributed by atoms with Crippen LogP contribution in [0.3, 0.4) is 0 Å². The fraction of sp³-hybridized carbons (Fsp3) is 0.727. The van der Waals surface area contributed by atoms with Crippen molar-refractivity contribution >= 4 is 0 Å². The summed E-state index contributed by atoms with van der Waals surface area (Å²) in [5.41, 5.74) is 1.23. The van der Waals surface area contributed by atoms with Crippen LogP contribution in [-0.2, 0) is 9.47 Å². The van der Waals surface area contributed by atoms with Crippen molar-refractivity contribution < 1.29 is 14.2 Å². The molecule has 0 N–H and O–H groups in total. The highest BCUT2D eigenvalue weighted by molar-refractivity contribution is 5.29. The molecule has 4 atom stereocenters. The van der Waals surface area contributed by atoms with Gasteiger partial charge in [-0.25, -0.2) is 0 Å². The predicted octanol–water partition coefficient (Wildman–Crippen LogP) is 6.27. The minimum Gasteiger partial charge on any atom is -0.497 e. The Balaban J connectivity index is 2.07. The highest BCUT2D eigenvalue weighted by atomic mass is 16.7. The Hall–Kier alpha value is -1.06. The minimum absolute atomic E-state index is 0.0681. The first kappa shape index (κ1) is 20.3. The number of unbranched alkanes of at least 4 members (excludes halogenated alkanes) is 4. The third-order valence-electron chi connectivity index (χ3n) is 5.27. The summed E-state index contributed by atoms with van der Waals surface area (Å²) in [5, 5.41) is 0. The zero-order valence-corrected chi connectivity index (χ0v) is 16.5. The third kappa shape index (κ3) is 6.00. The first-order valence-electron chi connectivity index (χ1n) is 10.1. The second-order valence-corrected chi connectivity index (χ2v) is 7.28. The van der Waals surface area contributed by atoms with Gasteiger partial charge in [0.1, 0.15) is 5.75 Å². The lowest BCUT2D eigenvalue weighted by Crippen LogP contribution is -2.40. The van der Waals surface area contributed by atoms with Gasteiger partial charge in [0, 0.05) is 5.92 Å². The van der Waals surface area contributed by atoms with E-state index in [2.05, 4.69) is 32.9 Å². The zero-order chi connectivity index (χ0) is 18.1. The van der Waals surface area contributed by atoms with Crippen molar-refractivity contribution in [1.82, 2.24) is 0 Å². The normalized spacial score (nSPS) is 26.6. The molecule has 0 unspecified atom stereocenters. The molecule has 1 aromatic rings. The molecule has 2 rings (SSSR count). The molecule has 0 bridgehead atoms. The number of ether oxygens (including phenoxy) is 3.